The molecular weight excluding hydrogens is 264 g/mol. The van der Waals surface area contributed by atoms with Gasteiger partial charge in [-0.05, 0) is 25.9 Å². The summed E-state index contributed by atoms with van der Waals surface area (Å²) in [5.74, 6) is -2.05. The van der Waals surface area contributed by atoms with Crippen LogP contribution < -0.4 is 16.4 Å². The Hall–Kier alpha value is -1.83. The van der Waals surface area contributed by atoms with Gasteiger partial charge in [-0.2, -0.15) is 0 Å². The zero-order valence-corrected chi connectivity index (χ0v) is 11.4. The van der Waals surface area contributed by atoms with Crippen LogP contribution in [-0.2, 0) is 9.59 Å². The van der Waals surface area contributed by atoms with Crippen molar-refractivity contribution < 1.29 is 19.5 Å². The van der Waals surface area contributed by atoms with Crippen LogP contribution in [-0.4, -0.2) is 60.1 Å². The molecule has 0 aliphatic carbocycles. The van der Waals surface area contributed by atoms with Gasteiger partial charge < -0.3 is 26.4 Å². The number of hydrogen-bond donors (Lipinski definition) is 4. The van der Waals surface area contributed by atoms with E-state index in [1.165, 1.54) is 19.3 Å². The molecule has 1 saturated heterocycles. The Labute approximate surface area is 117 Å². The molecule has 1 rings (SSSR count). The van der Waals surface area contributed by atoms with E-state index in [1.807, 2.05) is 0 Å². The van der Waals surface area contributed by atoms with Gasteiger partial charge in [0.05, 0.1) is 6.42 Å². The zero-order chi connectivity index (χ0) is 15.0. The number of primary amides is 1. The van der Waals surface area contributed by atoms with Crippen molar-refractivity contribution in [2.24, 2.45) is 5.73 Å². The SMILES string of the molecule is NC(=O)C[C@H](NC(=O)NCCN1CCCCC1)C(=O)O. The minimum atomic E-state index is -1.29. The molecule has 0 saturated carbocycles. The molecule has 0 aromatic carbocycles. The maximum Gasteiger partial charge on any atom is 0.326 e. The predicted molar refractivity (Wildman–Crippen MR) is 72.1 cm³/mol. The molecule has 1 fully saturated rings. The summed E-state index contributed by atoms with van der Waals surface area (Å²) in [5, 5.41) is 13.6. The van der Waals surface area contributed by atoms with E-state index in [0.717, 1.165) is 19.6 Å². The normalized spacial score (nSPS) is 17.2. The Morgan fingerprint density at radius 3 is 2.40 bits per heavy atom. The molecule has 8 heteroatoms. The van der Waals surface area contributed by atoms with E-state index < -0.39 is 30.4 Å². The van der Waals surface area contributed by atoms with Gasteiger partial charge in [-0.25, -0.2) is 9.59 Å². The molecule has 5 N–H and O–H groups in total. The van der Waals surface area contributed by atoms with E-state index >= 15 is 0 Å². The van der Waals surface area contributed by atoms with Crippen molar-refractivity contribution in [2.45, 2.75) is 31.7 Å². The summed E-state index contributed by atoms with van der Waals surface area (Å²) in [7, 11) is 0. The summed E-state index contributed by atoms with van der Waals surface area (Å²) in [4.78, 5) is 35.3. The van der Waals surface area contributed by atoms with Gasteiger partial charge in [0.25, 0.3) is 0 Å². The first-order valence-electron chi connectivity index (χ1n) is 6.77. The van der Waals surface area contributed by atoms with Gasteiger partial charge in [0.1, 0.15) is 6.04 Å². The smallest absolute Gasteiger partial charge is 0.326 e. The van der Waals surface area contributed by atoms with E-state index in [1.54, 1.807) is 0 Å². The van der Waals surface area contributed by atoms with Gasteiger partial charge in [0, 0.05) is 13.1 Å². The van der Waals surface area contributed by atoms with Crippen LogP contribution in [0.4, 0.5) is 4.79 Å². The summed E-state index contributed by atoms with van der Waals surface area (Å²) >= 11 is 0. The van der Waals surface area contributed by atoms with Crippen LogP contribution in [0.15, 0.2) is 0 Å². The molecule has 0 spiro atoms. The number of carbonyl (C=O) groups is 3. The maximum absolute atomic E-state index is 11.5. The minimum Gasteiger partial charge on any atom is -0.480 e. The highest BCUT2D eigenvalue weighted by molar-refractivity contribution is 5.87. The summed E-state index contributed by atoms with van der Waals surface area (Å²) in [5.41, 5.74) is 4.92. The first-order valence-corrected chi connectivity index (χ1v) is 6.77. The fraction of sp³-hybridized carbons (Fsp3) is 0.750. The number of aliphatic carboxylic acids is 1. The van der Waals surface area contributed by atoms with Crippen molar-refractivity contribution >= 4 is 17.9 Å². The fourth-order valence-electron chi connectivity index (χ4n) is 2.12. The Bertz CT molecular complexity index is 355. The number of hydrogen-bond acceptors (Lipinski definition) is 4. The van der Waals surface area contributed by atoms with Crippen molar-refractivity contribution in [3.8, 4) is 0 Å². The second-order valence-electron chi connectivity index (χ2n) is 4.86. The monoisotopic (exact) mass is 286 g/mol. The number of carboxylic acid groups (broad SMARTS) is 1. The number of amides is 3. The third-order valence-corrected chi connectivity index (χ3v) is 3.17. The van der Waals surface area contributed by atoms with Gasteiger partial charge in [-0.15, -0.1) is 0 Å². The first-order chi connectivity index (χ1) is 9.49. The molecule has 1 heterocycles. The van der Waals surface area contributed by atoms with Crippen molar-refractivity contribution in [3.63, 3.8) is 0 Å². The number of urea groups is 1. The van der Waals surface area contributed by atoms with Gasteiger partial charge in [-0.1, -0.05) is 6.42 Å². The average molecular weight is 286 g/mol. The van der Waals surface area contributed by atoms with Crippen LogP contribution in [0.2, 0.25) is 0 Å². The van der Waals surface area contributed by atoms with Crippen molar-refractivity contribution in [3.05, 3.63) is 0 Å². The molecule has 114 valence electrons. The van der Waals surface area contributed by atoms with Crippen LogP contribution in [0, 0.1) is 0 Å². The van der Waals surface area contributed by atoms with Crippen LogP contribution in [0.3, 0.4) is 0 Å². The second kappa shape index (κ2) is 8.36. The first kappa shape index (κ1) is 16.2. The fourth-order valence-corrected chi connectivity index (χ4v) is 2.12. The zero-order valence-electron chi connectivity index (χ0n) is 11.4. The lowest BCUT2D eigenvalue weighted by Gasteiger charge is -2.26. The molecule has 8 nitrogen and oxygen atoms in total. The molecule has 20 heavy (non-hydrogen) atoms. The number of rotatable bonds is 7. The number of likely N-dealkylation sites (tertiary alicyclic amines) is 1. The molecule has 0 aromatic rings. The van der Waals surface area contributed by atoms with Gasteiger partial charge in [0.2, 0.25) is 5.91 Å². The third kappa shape index (κ3) is 6.37. The minimum absolute atomic E-state index is 0.422. The number of nitrogens with two attached hydrogens (primary N) is 1. The van der Waals surface area contributed by atoms with Crippen LogP contribution in [0.1, 0.15) is 25.7 Å². The highest BCUT2D eigenvalue weighted by Crippen LogP contribution is 2.07. The number of nitrogens with zero attached hydrogens (tertiary/aromatic N) is 1. The molecule has 0 aromatic heterocycles. The summed E-state index contributed by atoms with van der Waals surface area (Å²) in [6, 6.07) is -1.89. The van der Waals surface area contributed by atoms with E-state index in [2.05, 4.69) is 15.5 Å². The number of carbonyl (C=O) groups excluding carboxylic acids is 2. The average Bonchev–Trinajstić information content (AvgIpc) is 2.38. The summed E-state index contributed by atoms with van der Waals surface area (Å²) in [6.07, 6.45) is 3.17. The van der Waals surface area contributed by atoms with Crippen LogP contribution >= 0.6 is 0 Å². The molecular formula is C12H22N4O4. The quantitative estimate of drug-likeness (QED) is 0.483. The van der Waals surface area contributed by atoms with Gasteiger partial charge in [0.15, 0.2) is 0 Å². The number of piperidine rings is 1. The van der Waals surface area contributed by atoms with Gasteiger partial charge in [-0.3, -0.25) is 4.79 Å². The summed E-state index contributed by atoms with van der Waals surface area (Å²) in [6.45, 7) is 3.24. The van der Waals surface area contributed by atoms with E-state index in [0.29, 0.717) is 6.54 Å². The molecule has 0 unspecified atom stereocenters. The highest BCUT2D eigenvalue weighted by atomic mass is 16.4. The highest BCUT2D eigenvalue weighted by Gasteiger charge is 2.21. The largest absolute Gasteiger partial charge is 0.480 e. The lowest BCUT2D eigenvalue weighted by atomic mass is 10.1. The molecule has 1 aliphatic heterocycles. The Balaban J connectivity index is 2.23. The molecule has 0 radical (unpaired) electrons. The van der Waals surface area contributed by atoms with Crippen LogP contribution in [0.5, 0.6) is 0 Å². The lowest BCUT2D eigenvalue weighted by molar-refractivity contribution is -0.140. The molecule has 0 bridgehead atoms. The van der Waals surface area contributed by atoms with E-state index in [4.69, 9.17) is 10.8 Å². The Morgan fingerprint density at radius 2 is 1.85 bits per heavy atom. The number of nitrogens with one attached hydrogen (secondary N) is 2. The van der Waals surface area contributed by atoms with E-state index in [9.17, 15) is 14.4 Å². The van der Waals surface area contributed by atoms with Crippen molar-refractivity contribution in [1.82, 2.24) is 15.5 Å². The third-order valence-electron chi connectivity index (χ3n) is 3.17. The van der Waals surface area contributed by atoms with Crippen molar-refractivity contribution in [1.29, 1.82) is 0 Å². The Kier molecular flexibility index (Phi) is 6.78. The molecule has 1 aliphatic rings. The molecule has 3 amide bonds. The standard InChI is InChI=1S/C12H22N4O4/c13-10(17)8-9(11(18)19)15-12(20)14-4-7-16-5-2-1-3-6-16/h9H,1-8H2,(H2,13,17)(H,18,19)(H2,14,15,20)/t9-/m0/s1. The Morgan fingerprint density at radius 1 is 1.20 bits per heavy atom. The summed E-state index contributed by atoms with van der Waals surface area (Å²) < 4.78 is 0. The van der Waals surface area contributed by atoms with Crippen LogP contribution in [0.25, 0.3) is 0 Å². The van der Waals surface area contributed by atoms with Gasteiger partial charge >= 0.3 is 12.0 Å². The second-order valence-corrected chi connectivity index (χ2v) is 4.86. The lowest BCUT2D eigenvalue weighted by Crippen LogP contribution is -2.49. The topological polar surface area (TPSA) is 125 Å². The predicted octanol–water partition coefficient (Wildman–Crippen LogP) is -0.900. The van der Waals surface area contributed by atoms with E-state index in [-0.39, 0.29) is 0 Å². The maximum atomic E-state index is 11.5. The number of carboxylic acids is 1. The molecule has 1 atom stereocenters. The van der Waals surface area contributed by atoms with Crippen molar-refractivity contribution in [2.75, 3.05) is 26.2 Å².